The molecule has 0 bridgehead atoms. The summed E-state index contributed by atoms with van der Waals surface area (Å²) in [6.07, 6.45) is 1.58. The van der Waals surface area contributed by atoms with E-state index in [2.05, 4.69) is 69.6 Å². The summed E-state index contributed by atoms with van der Waals surface area (Å²) in [6, 6.07) is 35.0. The van der Waals surface area contributed by atoms with Crippen molar-refractivity contribution in [3.63, 3.8) is 0 Å². The molecule has 62 heavy (non-hydrogen) atoms. The van der Waals surface area contributed by atoms with Crippen molar-refractivity contribution >= 4 is 31.4 Å². The number of hydrogen-bond acceptors (Lipinski definition) is 11. The predicted molar refractivity (Wildman–Crippen MR) is 238 cm³/mol. The summed E-state index contributed by atoms with van der Waals surface area (Å²) in [4.78, 5) is 30.4. The van der Waals surface area contributed by atoms with Crippen LogP contribution in [0, 0.1) is 6.57 Å². The predicted octanol–water partition coefficient (Wildman–Crippen LogP) is 9.06. The van der Waals surface area contributed by atoms with Gasteiger partial charge < -0.3 is 38.2 Å². The highest BCUT2D eigenvalue weighted by atomic mass is 31.2. The van der Waals surface area contributed by atoms with E-state index in [4.69, 9.17) is 34.6 Å². The summed E-state index contributed by atoms with van der Waals surface area (Å²) in [5.74, 6) is 1.38. The van der Waals surface area contributed by atoms with Crippen LogP contribution in [0.1, 0.15) is 67.4 Å². The van der Waals surface area contributed by atoms with Crippen LogP contribution in [0.3, 0.4) is 0 Å². The third kappa shape index (κ3) is 9.64. The van der Waals surface area contributed by atoms with Crippen molar-refractivity contribution in [1.82, 2.24) is 24.2 Å². The lowest BCUT2D eigenvalue weighted by atomic mass is 9.79. The minimum Gasteiger partial charge on any atom is -0.497 e. The molecule has 4 atom stereocenters. The third-order valence-electron chi connectivity index (χ3n) is 10.6. The minimum atomic E-state index is -1.60. The zero-order valence-corrected chi connectivity index (χ0v) is 36.6. The number of carbonyl (C=O) groups is 1. The van der Waals surface area contributed by atoms with Crippen LogP contribution in [0.4, 0.5) is 5.82 Å². The molecule has 2 unspecified atom stereocenters. The monoisotopic (exact) mass is 857 g/mol. The fourth-order valence-electron chi connectivity index (χ4n) is 7.77. The first-order chi connectivity index (χ1) is 30.2. The molecule has 1 aliphatic rings. The number of hydrogen-bond donors (Lipinski definition) is 1. The summed E-state index contributed by atoms with van der Waals surface area (Å²) >= 11 is 0. The molecule has 1 fully saturated rings. The van der Waals surface area contributed by atoms with Crippen LogP contribution in [-0.4, -0.2) is 88.4 Å². The molecule has 0 spiro atoms. The molecule has 14 nitrogen and oxygen atoms in total. The zero-order chi connectivity index (χ0) is 43.6. The second-order valence-corrected chi connectivity index (χ2v) is 16.7. The van der Waals surface area contributed by atoms with Gasteiger partial charge >= 0.3 is 0 Å². The molecule has 7 rings (SSSR count). The van der Waals surface area contributed by atoms with Gasteiger partial charge in [0.1, 0.15) is 42.4 Å². The van der Waals surface area contributed by atoms with Gasteiger partial charge in [0.25, 0.3) is 14.4 Å². The molecule has 1 amide bonds. The Bertz CT molecular complexity index is 2360. The van der Waals surface area contributed by atoms with Gasteiger partial charge in [-0.15, -0.1) is 0 Å². The molecule has 1 saturated heterocycles. The topological polar surface area (TPSA) is 136 Å². The molecule has 0 radical (unpaired) electrons. The maximum atomic E-state index is 13.2. The third-order valence-corrected chi connectivity index (χ3v) is 12.7. The lowest BCUT2D eigenvalue weighted by molar-refractivity contribution is -0.0968. The van der Waals surface area contributed by atoms with Gasteiger partial charge in [-0.05, 0) is 80.8 Å². The molecule has 6 aromatic rings. The number of fused-ring (bicyclic) bond motifs is 1. The number of methoxy groups -OCH3 is 2. The van der Waals surface area contributed by atoms with Gasteiger partial charge in [-0.1, -0.05) is 72.8 Å². The normalized spacial score (nSPS) is 17.1. The number of ether oxygens (including phenoxy) is 4. The van der Waals surface area contributed by atoms with Crippen molar-refractivity contribution in [2.45, 2.75) is 70.2 Å². The molecule has 1 aliphatic heterocycles. The number of anilines is 1. The summed E-state index contributed by atoms with van der Waals surface area (Å²) in [5, 5.41) is 2.90. The van der Waals surface area contributed by atoms with Crippen molar-refractivity contribution in [3.05, 3.63) is 156 Å². The van der Waals surface area contributed by atoms with Crippen LogP contribution in [0.2, 0.25) is 0 Å². The Kier molecular flexibility index (Phi) is 14.6. The average Bonchev–Trinajstić information content (AvgIpc) is 3.92. The number of amides is 1. The van der Waals surface area contributed by atoms with Gasteiger partial charge in [-0.3, -0.25) is 9.36 Å². The van der Waals surface area contributed by atoms with Gasteiger partial charge in [0.2, 0.25) is 6.54 Å². The fourth-order valence-corrected chi connectivity index (χ4v) is 9.38. The van der Waals surface area contributed by atoms with Crippen LogP contribution in [-0.2, 0) is 24.1 Å². The first-order valence-electron chi connectivity index (χ1n) is 20.6. The fraction of sp³-hybridized carbons (Fsp3) is 0.340. The van der Waals surface area contributed by atoms with Crippen molar-refractivity contribution in [3.8, 4) is 11.5 Å². The van der Waals surface area contributed by atoms with Gasteiger partial charge in [-0.25, -0.2) is 26.2 Å². The van der Waals surface area contributed by atoms with Crippen molar-refractivity contribution in [1.29, 1.82) is 0 Å². The van der Waals surface area contributed by atoms with E-state index in [1.165, 1.54) is 6.33 Å². The zero-order valence-electron chi connectivity index (χ0n) is 35.8. The van der Waals surface area contributed by atoms with Gasteiger partial charge in [0.05, 0.1) is 33.3 Å². The highest BCUT2D eigenvalue weighted by Gasteiger charge is 2.47. The maximum Gasteiger partial charge on any atom is 0.259 e. The lowest BCUT2D eigenvalue weighted by Crippen LogP contribution is -2.41. The summed E-state index contributed by atoms with van der Waals surface area (Å²) in [7, 11) is 1.69. The standard InChI is InChI=1S/C47H52N7O7P/c1-32(2)54(33(3)4)62(58-27-26-48-5)59-29-41-40(28-42(60-41)53-31-51-43-44(49-30-50-45(43)53)52-46(55)34-14-10-8-11-15-34)61-47(35-16-12-9-13-17-35,36-18-22-38(56-6)23-19-36)37-20-24-39(57-7)25-21-37/h8-25,30-33,40-42H,26-29H2,1-4,6-7H3,(H,49,50,52,55)/t40?,41-,42-,62?/m1/s1. The molecular weight excluding hydrogens is 806 g/mol. The number of imidazole rings is 1. The summed E-state index contributed by atoms with van der Waals surface area (Å²) < 4.78 is 43.0. The molecular formula is C47H52N7O7P. The molecule has 322 valence electrons. The molecule has 4 aromatic carbocycles. The Morgan fingerprint density at radius 1 is 0.855 bits per heavy atom. The average molecular weight is 858 g/mol. The second-order valence-electron chi connectivity index (χ2n) is 15.2. The van der Waals surface area contributed by atoms with Crippen LogP contribution < -0.4 is 14.8 Å². The largest absolute Gasteiger partial charge is 0.497 e. The number of nitrogens with zero attached hydrogens (tertiary/aromatic N) is 6. The van der Waals surface area contributed by atoms with Crippen LogP contribution >= 0.6 is 8.53 Å². The first kappa shape index (κ1) is 44.3. The Morgan fingerprint density at radius 2 is 1.45 bits per heavy atom. The number of carbonyl (C=O) groups excluding carboxylic acids is 1. The van der Waals surface area contributed by atoms with Crippen LogP contribution in [0.5, 0.6) is 11.5 Å². The summed E-state index contributed by atoms with van der Waals surface area (Å²) in [5.41, 5.74) is 2.85. The van der Waals surface area contributed by atoms with E-state index in [9.17, 15) is 4.79 Å². The molecule has 3 heterocycles. The van der Waals surface area contributed by atoms with Crippen molar-refractivity contribution in [2.75, 3.05) is 39.3 Å². The molecule has 15 heteroatoms. The Hall–Kier alpha value is -5.78. The smallest absolute Gasteiger partial charge is 0.259 e. The van der Waals surface area contributed by atoms with E-state index in [1.54, 1.807) is 44.8 Å². The lowest BCUT2D eigenvalue weighted by Gasteiger charge is -2.39. The Morgan fingerprint density at radius 3 is 2.03 bits per heavy atom. The van der Waals surface area contributed by atoms with Gasteiger partial charge in [0, 0.05) is 24.1 Å². The van der Waals surface area contributed by atoms with Crippen molar-refractivity contribution in [2.24, 2.45) is 0 Å². The number of aromatic nitrogens is 4. The number of benzene rings is 4. The molecule has 0 saturated carbocycles. The highest BCUT2D eigenvalue weighted by molar-refractivity contribution is 7.44. The van der Waals surface area contributed by atoms with Gasteiger partial charge in [0.15, 0.2) is 17.0 Å². The van der Waals surface area contributed by atoms with E-state index in [0.717, 1.165) is 16.7 Å². The maximum absolute atomic E-state index is 13.2. The van der Waals surface area contributed by atoms with E-state index in [0.29, 0.717) is 34.6 Å². The molecule has 0 aliphatic carbocycles. The second kappa shape index (κ2) is 20.4. The minimum absolute atomic E-state index is 0.0998. The number of nitrogens with one attached hydrogen (secondary N) is 1. The molecule has 2 aromatic heterocycles. The first-order valence-corrected chi connectivity index (χ1v) is 21.7. The van der Waals surface area contributed by atoms with E-state index in [-0.39, 0.29) is 43.6 Å². The van der Waals surface area contributed by atoms with Crippen LogP contribution in [0.15, 0.2) is 122 Å². The van der Waals surface area contributed by atoms with Gasteiger partial charge in [-0.2, -0.15) is 0 Å². The Balaban J connectivity index is 1.31. The van der Waals surface area contributed by atoms with Crippen molar-refractivity contribution < 1.29 is 32.8 Å². The number of rotatable bonds is 19. The molecule has 1 N–H and O–H groups in total. The van der Waals surface area contributed by atoms with E-state index >= 15 is 0 Å². The Labute approximate surface area is 363 Å². The van der Waals surface area contributed by atoms with E-state index < -0.39 is 32.6 Å². The SMILES string of the molecule is [C-]#[N+]CCOP(OC[C@H]1O[C@@H](n2cnc3c(NC(=O)c4ccccc4)ncnc32)CC1OC(c1ccccc1)(c1ccc(OC)cc1)c1ccc(OC)cc1)N(C(C)C)C(C)C. The van der Waals surface area contributed by atoms with E-state index in [1.807, 2.05) is 77.4 Å². The van der Waals surface area contributed by atoms with Crippen LogP contribution in [0.25, 0.3) is 16.0 Å². The quantitative estimate of drug-likeness (QED) is 0.0362. The summed E-state index contributed by atoms with van der Waals surface area (Å²) in [6.45, 7) is 16.3. The highest BCUT2D eigenvalue weighted by Crippen LogP contribution is 2.49.